The van der Waals surface area contributed by atoms with Gasteiger partial charge in [-0.3, -0.25) is 4.79 Å². The molecular weight excluding hydrogens is 560 g/mol. The SMILES string of the molecule is COc1ccccc1NC(=O)C1=C(C)Nc2nnnn2C1c1cc(Br)ccc1OCc1ccc(Cl)cc1. The van der Waals surface area contributed by atoms with Crippen molar-refractivity contribution < 1.29 is 14.3 Å². The fourth-order valence-electron chi connectivity index (χ4n) is 4.14. The number of nitrogens with zero attached hydrogens (tertiary/aromatic N) is 4. The maximum atomic E-state index is 13.8. The van der Waals surface area contributed by atoms with Gasteiger partial charge in [0.25, 0.3) is 5.91 Å². The fraction of sp³-hybridized carbons (Fsp3) is 0.154. The van der Waals surface area contributed by atoms with Crippen molar-refractivity contribution in [2.75, 3.05) is 17.7 Å². The summed E-state index contributed by atoms with van der Waals surface area (Å²) in [6.07, 6.45) is 0. The summed E-state index contributed by atoms with van der Waals surface area (Å²) in [5.74, 6) is 1.22. The molecule has 2 heterocycles. The maximum absolute atomic E-state index is 13.8. The molecule has 5 rings (SSSR count). The van der Waals surface area contributed by atoms with E-state index in [1.807, 2.05) is 61.5 Å². The second-order valence-electron chi connectivity index (χ2n) is 8.26. The van der Waals surface area contributed by atoms with Crippen molar-refractivity contribution in [3.05, 3.63) is 98.6 Å². The number of hydrogen-bond acceptors (Lipinski definition) is 7. The van der Waals surface area contributed by atoms with Crippen LogP contribution in [0.3, 0.4) is 0 Å². The summed E-state index contributed by atoms with van der Waals surface area (Å²) >= 11 is 9.58. The monoisotopic (exact) mass is 580 g/mol. The van der Waals surface area contributed by atoms with Crippen LogP contribution in [0.4, 0.5) is 11.6 Å². The van der Waals surface area contributed by atoms with Crippen molar-refractivity contribution in [1.82, 2.24) is 20.2 Å². The second-order valence-corrected chi connectivity index (χ2v) is 9.62. The van der Waals surface area contributed by atoms with Crippen LogP contribution in [0.15, 0.2) is 82.5 Å². The molecule has 0 aliphatic carbocycles. The average Bonchev–Trinajstić information content (AvgIpc) is 3.36. The lowest BCUT2D eigenvalue weighted by Crippen LogP contribution is -2.32. The molecule has 2 N–H and O–H groups in total. The minimum Gasteiger partial charge on any atom is -0.495 e. The van der Waals surface area contributed by atoms with E-state index >= 15 is 0 Å². The Morgan fingerprint density at radius 1 is 1.14 bits per heavy atom. The van der Waals surface area contributed by atoms with E-state index in [-0.39, 0.29) is 5.91 Å². The number of carbonyl (C=O) groups excluding carboxylic acids is 1. The third kappa shape index (κ3) is 5.16. The Bertz CT molecular complexity index is 1490. The molecule has 0 bridgehead atoms. The van der Waals surface area contributed by atoms with Crippen LogP contribution in [0.2, 0.25) is 5.02 Å². The van der Waals surface area contributed by atoms with Gasteiger partial charge < -0.3 is 20.1 Å². The molecule has 1 amide bonds. The number of tetrazole rings is 1. The zero-order valence-corrected chi connectivity index (χ0v) is 22.2. The van der Waals surface area contributed by atoms with Gasteiger partial charge >= 0.3 is 0 Å². The number of carbonyl (C=O) groups is 1. The van der Waals surface area contributed by atoms with Gasteiger partial charge in [0, 0.05) is 20.8 Å². The van der Waals surface area contributed by atoms with Crippen molar-refractivity contribution >= 4 is 45.1 Å². The normalized spacial score (nSPS) is 14.5. The van der Waals surface area contributed by atoms with Crippen LogP contribution < -0.4 is 20.1 Å². The number of rotatable bonds is 7. The summed E-state index contributed by atoms with van der Waals surface area (Å²) in [5.41, 5.74) is 3.25. The van der Waals surface area contributed by atoms with Gasteiger partial charge in [-0.2, -0.15) is 4.68 Å². The predicted molar refractivity (Wildman–Crippen MR) is 144 cm³/mol. The van der Waals surface area contributed by atoms with E-state index in [0.29, 0.717) is 51.6 Å². The Labute approximate surface area is 226 Å². The summed E-state index contributed by atoms with van der Waals surface area (Å²) in [6.45, 7) is 2.12. The highest BCUT2D eigenvalue weighted by Crippen LogP contribution is 2.40. The first-order valence-electron chi connectivity index (χ1n) is 11.3. The van der Waals surface area contributed by atoms with E-state index in [1.54, 1.807) is 23.9 Å². The lowest BCUT2D eigenvalue weighted by molar-refractivity contribution is -0.113. The topological polar surface area (TPSA) is 103 Å². The molecule has 4 aromatic rings. The molecule has 11 heteroatoms. The van der Waals surface area contributed by atoms with Crippen molar-refractivity contribution in [3.63, 3.8) is 0 Å². The van der Waals surface area contributed by atoms with Crippen LogP contribution in [0, 0.1) is 0 Å². The number of hydrogen-bond donors (Lipinski definition) is 2. The number of methoxy groups -OCH3 is 1. The smallest absolute Gasteiger partial charge is 0.255 e. The Morgan fingerprint density at radius 2 is 1.92 bits per heavy atom. The van der Waals surface area contributed by atoms with Gasteiger partial charge in [-0.25, -0.2) is 0 Å². The van der Waals surface area contributed by atoms with Crippen molar-refractivity contribution in [1.29, 1.82) is 0 Å². The Kier molecular flexibility index (Phi) is 7.11. The number of para-hydroxylation sites is 2. The minimum absolute atomic E-state index is 0.310. The van der Waals surface area contributed by atoms with Crippen LogP contribution in [0.5, 0.6) is 11.5 Å². The quantitative estimate of drug-likeness (QED) is 0.293. The number of fused-ring (bicyclic) bond motifs is 1. The van der Waals surface area contributed by atoms with E-state index in [2.05, 4.69) is 42.1 Å². The lowest BCUT2D eigenvalue weighted by Gasteiger charge is -2.29. The molecule has 0 spiro atoms. The van der Waals surface area contributed by atoms with Crippen LogP contribution >= 0.6 is 27.5 Å². The molecular formula is C26H22BrClN6O3. The number of anilines is 2. The van der Waals surface area contributed by atoms with Gasteiger partial charge in [0.2, 0.25) is 5.95 Å². The molecule has 9 nitrogen and oxygen atoms in total. The molecule has 0 saturated carbocycles. The number of nitrogens with one attached hydrogen (secondary N) is 2. The Hall–Kier alpha value is -3.89. The van der Waals surface area contributed by atoms with Crippen molar-refractivity contribution in [2.24, 2.45) is 0 Å². The highest BCUT2D eigenvalue weighted by molar-refractivity contribution is 9.10. The molecule has 1 unspecified atom stereocenters. The third-order valence-electron chi connectivity index (χ3n) is 5.89. The lowest BCUT2D eigenvalue weighted by atomic mass is 9.94. The second kappa shape index (κ2) is 10.6. The minimum atomic E-state index is -0.668. The summed E-state index contributed by atoms with van der Waals surface area (Å²) in [6, 6.07) is 19.6. The molecule has 0 fully saturated rings. The highest BCUT2D eigenvalue weighted by atomic mass is 79.9. The van der Waals surface area contributed by atoms with Gasteiger partial charge in [-0.15, -0.1) is 0 Å². The average molecular weight is 582 g/mol. The van der Waals surface area contributed by atoms with Crippen molar-refractivity contribution in [2.45, 2.75) is 19.6 Å². The van der Waals surface area contributed by atoms with Gasteiger partial charge in [0.05, 0.1) is 18.4 Å². The van der Waals surface area contributed by atoms with E-state index < -0.39 is 6.04 Å². The highest BCUT2D eigenvalue weighted by Gasteiger charge is 2.36. The molecule has 1 aliphatic rings. The first-order chi connectivity index (χ1) is 17.9. The van der Waals surface area contributed by atoms with E-state index in [4.69, 9.17) is 21.1 Å². The van der Waals surface area contributed by atoms with Gasteiger partial charge in [-0.05, 0) is 65.4 Å². The predicted octanol–water partition coefficient (Wildman–Crippen LogP) is 5.60. The Balaban J connectivity index is 1.55. The molecule has 1 aromatic heterocycles. The molecule has 0 radical (unpaired) electrons. The number of ether oxygens (including phenoxy) is 2. The summed E-state index contributed by atoms with van der Waals surface area (Å²) in [5, 5.41) is 18.9. The van der Waals surface area contributed by atoms with Crippen LogP contribution in [0.25, 0.3) is 0 Å². The molecule has 188 valence electrons. The fourth-order valence-corrected chi connectivity index (χ4v) is 4.64. The third-order valence-corrected chi connectivity index (χ3v) is 6.63. The van der Waals surface area contributed by atoms with Crippen LogP contribution in [-0.2, 0) is 11.4 Å². The number of benzene rings is 3. The number of amides is 1. The van der Waals surface area contributed by atoms with Crippen LogP contribution in [0.1, 0.15) is 24.1 Å². The van der Waals surface area contributed by atoms with E-state index in [1.165, 1.54) is 0 Å². The maximum Gasteiger partial charge on any atom is 0.255 e. The largest absolute Gasteiger partial charge is 0.495 e. The first-order valence-corrected chi connectivity index (χ1v) is 12.5. The molecule has 1 aliphatic heterocycles. The van der Waals surface area contributed by atoms with Crippen LogP contribution in [-0.4, -0.2) is 33.2 Å². The standard InChI is InChI=1S/C26H22BrClN6O3/c1-15-23(25(35)30-20-5-3-4-6-22(20)36-2)24(34-26(29-15)31-32-33-34)19-13-17(27)9-12-21(19)37-14-16-7-10-18(28)11-8-16/h3-13,24H,14H2,1-2H3,(H,30,35)(H,29,31,33). The molecule has 37 heavy (non-hydrogen) atoms. The molecule has 1 atom stereocenters. The van der Waals surface area contributed by atoms with Gasteiger partial charge in [0.1, 0.15) is 24.1 Å². The number of allylic oxidation sites excluding steroid dienone is 1. The van der Waals surface area contributed by atoms with E-state index in [9.17, 15) is 4.79 Å². The summed E-state index contributed by atoms with van der Waals surface area (Å²) < 4.78 is 14.0. The number of halogens is 2. The summed E-state index contributed by atoms with van der Waals surface area (Å²) in [4.78, 5) is 13.8. The molecule has 3 aromatic carbocycles. The molecule has 0 saturated heterocycles. The van der Waals surface area contributed by atoms with Gasteiger partial charge in [0.15, 0.2) is 0 Å². The zero-order chi connectivity index (χ0) is 25.9. The van der Waals surface area contributed by atoms with Gasteiger partial charge in [-0.1, -0.05) is 56.9 Å². The number of aromatic nitrogens is 4. The van der Waals surface area contributed by atoms with Crippen molar-refractivity contribution in [3.8, 4) is 11.5 Å². The zero-order valence-electron chi connectivity index (χ0n) is 19.9. The Morgan fingerprint density at radius 3 is 2.70 bits per heavy atom. The first kappa shape index (κ1) is 24.8. The summed E-state index contributed by atoms with van der Waals surface area (Å²) in [7, 11) is 1.56. The van der Waals surface area contributed by atoms with E-state index in [0.717, 1.165) is 10.0 Å².